The lowest BCUT2D eigenvalue weighted by Crippen LogP contribution is -2.21. The molecule has 0 fully saturated rings. The Bertz CT molecular complexity index is 1000. The van der Waals surface area contributed by atoms with Gasteiger partial charge in [-0.2, -0.15) is 0 Å². The van der Waals surface area contributed by atoms with Crippen LogP contribution in [0.2, 0.25) is 0 Å². The molecule has 27 heavy (non-hydrogen) atoms. The van der Waals surface area contributed by atoms with E-state index in [2.05, 4.69) is 0 Å². The van der Waals surface area contributed by atoms with E-state index in [1.165, 1.54) is 25.5 Å². The molecule has 3 rings (SSSR count). The van der Waals surface area contributed by atoms with Gasteiger partial charge in [0.2, 0.25) is 0 Å². The van der Waals surface area contributed by atoms with Gasteiger partial charge < -0.3 is 4.74 Å². The maximum atomic E-state index is 12.6. The molecule has 5 nitrogen and oxygen atoms in total. The van der Waals surface area contributed by atoms with Crippen LogP contribution in [0.1, 0.15) is 11.1 Å². The van der Waals surface area contributed by atoms with Gasteiger partial charge in [0.15, 0.2) is 9.96 Å². The van der Waals surface area contributed by atoms with Crippen molar-refractivity contribution >= 4 is 32.8 Å². The Hall–Kier alpha value is -2.48. The molecule has 0 unspecified atom stereocenters. The molecule has 0 aliphatic rings. The van der Waals surface area contributed by atoms with Gasteiger partial charge in [-0.1, -0.05) is 60.7 Å². The predicted octanol–water partition coefficient (Wildman–Crippen LogP) is 4.18. The monoisotopic (exact) mass is 400 g/mol. The first-order chi connectivity index (χ1) is 12.9. The fraction of sp³-hybridized carbons (Fsp3) is 0.150. The van der Waals surface area contributed by atoms with Gasteiger partial charge in [0.05, 0.1) is 12.8 Å². The van der Waals surface area contributed by atoms with E-state index in [0.29, 0.717) is 5.69 Å². The minimum atomic E-state index is -3.61. The van der Waals surface area contributed by atoms with Crippen LogP contribution in [0, 0.1) is 0 Å². The minimum Gasteiger partial charge on any atom is -0.492 e. The highest BCUT2D eigenvalue weighted by atomic mass is 32.2. The predicted molar refractivity (Wildman–Crippen MR) is 110 cm³/mol. The Morgan fingerprint density at radius 3 is 1.93 bits per heavy atom. The first-order valence-electron chi connectivity index (χ1n) is 8.22. The topological polar surface area (TPSA) is 59.0 Å². The average molecular weight is 401 g/mol. The van der Waals surface area contributed by atoms with Crippen LogP contribution in [0.3, 0.4) is 0 Å². The number of benzene rings is 2. The number of hydrogen-bond acceptors (Lipinski definition) is 5. The third-order valence-corrected chi connectivity index (χ3v) is 7.22. The molecule has 7 heteroatoms. The Morgan fingerprint density at radius 1 is 0.963 bits per heavy atom. The summed E-state index contributed by atoms with van der Waals surface area (Å²) in [4.78, 5) is 4.78. The quantitative estimate of drug-likeness (QED) is 0.583. The van der Waals surface area contributed by atoms with Gasteiger partial charge in [0.25, 0.3) is 10.0 Å². The van der Waals surface area contributed by atoms with E-state index in [9.17, 15) is 8.42 Å². The van der Waals surface area contributed by atoms with E-state index >= 15 is 0 Å². The van der Waals surface area contributed by atoms with Crippen LogP contribution in [0.4, 0.5) is 5.69 Å². The van der Waals surface area contributed by atoms with Gasteiger partial charge in [0.1, 0.15) is 5.69 Å². The highest BCUT2D eigenvalue weighted by Gasteiger charge is 2.27. The van der Waals surface area contributed by atoms with E-state index in [1.807, 2.05) is 60.7 Å². The van der Waals surface area contributed by atoms with Gasteiger partial charge >= 0.3 is 0 Å². The van der Waals surface area contributed by atoms with Crippen molar-refractivity contribution in [1.29, 1.82) is 0 Å². The summed E-state index contributed by atoms with van der Waals surface area (Å²) in [6, 6.07) is 19.6. The molecule has 2 aromatic carbocycles. The zero-order valence-corrected chi connectivity index (χ0v) is 16.9. The van der Waals surface area contributed by atoms with Gasteiger partial charge in [-0.25, -0.2) is 17.7 Å². The molecule has 0 saturated heterocycles. The van der Waals surface area contributed by atoms with Crippen LogP contribution in [0.15, 0.2) is 75.2 Å². The molecule has 0 amide bonds. The van der Waals surface area contributed by atoms with Crippen LogP contribution < -0.4 is 4.74 Å². The van der Waals surface area contributed by atoms with Crippen molar-refractivity contribution in [2.45, 2.75) is 4.21 Å². The molecule has 0 atom stereocenters. The smallest absolute Gasteiger partial charge is 0.255 e. The Kier molecular flexibility index (Phi) is 5.74. The lowest BCUT2D eigenvalue weighted by Gasteiger charge is -2.11. The number of ether oxygens (including phenoxy) is 1. The van der Waals surface area contributed by atoms with Gasteiger partial charge in [-0.15, -0.1) is 11.3 Å². The summed E-state index contributed by atoms with van der Waals surface area (Å²) in [6.45, 7) is 0. The number of aliphatic imine (C=N–C) groups is 1. The van der Waals surface area contributed by atoms with Crippen LogP contribution >= 0.6 is 11.3 Å². The van der Waals surface area contributed by atoms with E-state index < -0.39 is 10.0 Å². The number of rotatable bonds is 6. The van der Waals surface area contributed by atoms with Gasteiger partial charge in [-0.3, -0.25) is 0 Å². The Balaban J connectivity index is 2.19. The summed E-state index contributed by atoms with van der Waals surface area (Å²) in [7, 11) is 0.846. The first kappa shape index (κ1) is 19.3. The summed E-state index contributed by atoms with van der Waals surface area (Å²) >= 11 is 1.11. The highest BCUT2D eigenvalue weighted by molar-refractivity contribution is 7.91. The van der Waals surface area contributed by atoms with Crippen molar-refractivity contribution < 1.29 is 13.2 Å². The second kappa shape index (κ2) is 8.04. The van der Waals surface area contributed by atoms with Crippen LogP contribution in [0.25, 0.3) is 0 Å². The highest BCUT2D eigenvalue weighted by Crippen LogP contribution is 2.41. The number of methoxy groups -OCH3 is 1. The molecule has 0 aliphatic carbocycles. The minimum absolute atomic E-state index is 0.147. The zero-order valence-electron chi connectivity index (χ0n) is 15.3. The number of sulfonamides is 1. The molecule has 0 spiro atoms. The van der Waals surface area contributed by atoms with Crippen LogP contribution in [0.5, 0.6) is 5.75 Å². The number of hydrogen-bond donors (Lipinski definition) is 0. The fourth-order valence-corrected chi connectivity index (χ4v) is 5.04. The van der Waals surface area contributed by atoms with Crippen molar-refractivity contribution in [2.75, 3.05) is 21.2 Å². The normalized spacial score (nSPS) is 11.4. The van der Waals surface area contributed by atoms with Crippen molar-refractivity contribution in [3.05, 3.63) is 77.2 Å². The van der Waals surface area contributed by atoms with Crippen LogP contribution in [-0.2, 0) is 10.0 Å². The molecule has 0 aliphatic heterocycles. The van der Waals surface area contributed by atoms with Crippen molar-refractivity contribution in [3.8, 4) is 5.75 Å². The Morgan fingerprint density at radius 2 is 1.48 bits per heavy atom. The third kappa shape index (κ3) is 3.95. The largest absolute Gasteiger partial charge is 0.492 e. The zero-order chi connectivity index (χ0) is 19.4. The van der Waals surface area contributed by atoms with E-state index in [-0.39, 0.29) is 9.96 Å². The fourth-order valence-electron chi connectivity index (χ4n) is 2.54. The molecule has 1 aromatic heterocycles. The summed E-state index contributed by atoms with van der Waals surface area (Å²) in [5.74, 6) is 0.262. The second-order valence-corrected chi connectivity index (χ2v) is 9.15. The second-order valence-electron chi connectivity index (χ2n) is 5.92. The van der Waals surface area contributed by atoms with Crippen molar-refractivity contribution in [2.24, 2.45) is 4.99 Å². The summed E-state index contributed by atoms with van der Waals surface area (Å²) in [5, 5.41) is 1.71. The molecule has 0 N–H and O–H groups in total. The first-order valence-corrected chi connectivity index (χ1v) is 10.5. The van der Waals surface area contributed by atoms with Gasteiger partial charge in [0, 0.05) is 30.6 Å². The van der Waals surface area contributed by atoms with Crippen molar-refractivity contribution in [3.63, 3.8) is 0 Å². The lowest BCUT2D eigenvalue weighted by molar-refractivity contribution is 0.406. The molecule has 140 valence electrons. The molecular formula is C20H20N2O3S2. The Labute approximate surface area is 163 Å². The average Bonchev–Trinajstić information content (AvgIpc) is 3.10. The summed E-state index contributed by atoms with van der Waals surface area (Å²) in [6.07, 6.45) is 0. The molecule has 0 radical (unpaired) electrons. The summed E-state index contributed by atoms with van der Waals surface area (Å²) < 4.78 is 31.9. The molecule has 0 saturated carbocycles. The number of thiophene rings is 1. The standard InChI is InChI=1S/C20H20N2O3S2/c1-22(2)27(23,24)20-19(25-3)17(14-26-20)21-18(15-10-6-4-7-11-15)16-12-8-5-9-13-16/h4-14H,1-3H3. The van der Waals surface area contributed by atoms with Crippen molar-refractivity contribution in [1.82, 2.24) is 4.31 Å². The van der Waals surface area contributed by atoms with E-state index in [4.69, 9.17) is 9.73 Å². The van der Waals surface area contributed by atoms with Gasteiger partial charge in [-0.05, 0) is 0 Å². The number of nitrogens with zero attached hydrogens (tertiary/aromatic N) is 2. The molecular weight excluding hydrogens is 380 g/mol. The van der Waals surface area contributed by atoms with Crippen LogP contribution in [-0.4, -0.2) is 39.6 Å². The molecule has 1 heterocycles. The SMILES string of the molecule is COc1c(N=C(c2ccccc2)c2ccccc2)csc1S(=O)(=O)N(C)C. The lowest BCUT2D eigenvalue weighted by atomic mass is 10.0. The molecule has 0 bridgehead atoms. The van der Waals surface area contributed by atoms with E-state index in [1.54, 1.807) is 5.38 Å². The maximum absolute atomic E-state index is 12.6. The summed E-state index contributed by atoms with van der Waals surface area (Å²) in [5.41, 5.74) is 3.12. The maximum Gasteiger partial charge on any atom is 0.255 e. The molecule has 3 aromatic rings. The van der Waals surface area contributed by atoms with E-state index in [0.717, 1.165) is 28.2 Å². The third-order valence-electron chi connectivity index (χ3n) is 3.94.